The van der Waals surface area contributed by atoms with Crippen LogP contribution in [-0.2, 0) is 24.7 Å². The summed E-state index contributed by atoms with van der Waals surface area (Å²) in [6, 6.07) is 25.1. The van der Waals surface area contributed by atoms with Crippen molar-refractivity contribution in [3.8, 4) is 11.1 Å². The molecule has 3 aromatic carbocycles. The molecule has 0 radical (unpaired) electrons. The van der Waals surface area contributed by atoms with Crippen LogP contribution in [0.3, 0.4) is 0 Å². The number of benzene rings is 3. The van der Waals surface area contributed by atoms with Crippen LogP contribution < -0.4 is 10.0 Å². The molecule has 1 aliphatic rings. The van der Waals surface area contributed by atoms with Gasteiger partial charge in [0, 0.05) is 34.2 Å². The number of aromatic amines is 1. The Balaban J connectivity index is 1.32. The van der Waals surface area contributed by atoms with E-state index in [0.717, 1.165) is 34.2 Å². The summed E-state index contributed by atoms with van der Waals surface area (Å²) in [6.07, 6.45) is 3.55. The quantitative estimate of drug-likeness (QED) is 0.206. The highest BCUT2D eigenvalue weighted by molar-refractivity contribution is 7.95. The Morgan fingerprint density at radius 1 is 0.800 bits per heavy atom. The van der Waals surface area contributed by atoms with E-state index in [9.17, 15) is 21.6 Å². The van der Waals surface area contributed by atoms with Crippen molar-refractivity contribution in [1.29, 1.82) is 0 Å². The standard InChI is InChI=1S/C29H21N3O5S3/c33-29-25(16-20-9-6-14-30-20)28-24(12-5-13-26(28)31-29)19-7-4-8-21(15-19)32-40(36,37)27-17-23(18-38-27)39(34,35)22-10-2-1-3-11-22/h1-18,30,32H,(H,31,33). The molecule has 0 unspecified atom stereocenters. The van der Waals surface area contributed by atoms with E-state index in [-0.39, 0.29) is 19.9 Å². The number of sulfonamides is 1. The van der Waals surface area contributed by atoms with Crippen molar-refractivity contribution in [3.63, 3.8) is 0 Å². The lowest BCUT2D eigenvalue weighted by molar-refractivity contribution is -0.110. The number of hydrogen-bond donors (Lipinski definition) is 3. The number of rotatable bonds is 7. The molecule has 8 nitrogen and oxygen atoms in total. The highest BCUT2D eigenvalue weighted by Gasteiger charge is 2.28. The maximum atomic E-state index is 13.2. The second-order valence-corrected chi connectivity index (χ2v) is 13.7. The zero-order chi connectivity index (χ0) is 27.9. The smallest absolute Gasteiger partial charge is 0.271 e. The number of amides is 1. The van der Waals surface area contributed by atoms with Crippen molar-refractivity contribution in [2.45, 2.75) is 14.0 Å². The molecule has 1 aliphatic heterocycles. The Bertz CT molecular complexity index is 1990. The summed E-state index contributed by atoms with van der Waals surface area (Å²) in [5, 5.41) is 4.21. The summed E-state index contributed by atoms with van der Waals surface area (Å²) >= 11 is 0.830. The van der Waals surface area contributed by atoms with E-state index in [0.29, 0.717) is 22.5 Å². The molecule has 0 aliphatic carbocycles. The number of carbonyl (C=O) groups is 1. The topological polar surface area (TPSA) is 125 Å². The molecule has 0 atom stereocenters. The molecular weight excluding hydrogens is 567 g/mol. The van der Waals surface area contributed by atoms with E-state index >= 15 is 0 Å². The van der Waals surface area contributed by atoms with Crippen molar-refractivity contribution >= 4 is 60.1 Å². The van der Waals surface area contributed by atoms with Crippen LogP contribution in [0.25, 0.3) is 22.8 Å². The zero-order valence-electron chi connectivity index (χ0n) is 20.7. The summed E-state index contributed by atoms with van der Waals surface area (Å²) in [7, 11) is -7.93. The van der Waals surface area contributed by atoms with E-state index in [1.807, 2.05) is 36.4 Å². The van der Waals surface area contributed by atoms with Crippen LogP contribution in [0, 0.1) is 0 Å². The Morgan fingerprint density at radius 2 is 1.60 bits per heavy atom. The third-order valence-corrected chi connectivity index (χ3v) is 11.1. The van der Waals surface area contributed by atoms with Crippen molar-refractivity contribution in [1.82, 2.24) is 4.98 Å². The Labute approximate surface area is 235 Å². The van der Waals surface area contributed by atoms with Gasteiger partial charge in [-0.25, -0.2) is 16.8 Å². The number of hydrogen-bond acceptors (Lipinski definition) is 6. The number of fused-ring (bicyclic) bond motifs is 1. The lowest BCUT2D eigenvalue weighted by Gasteiger charge is -2.11. The molecule has 3 heterocycles. The molecule has 0 fully saturated rings. The molecule has 0 saturated carbocycles. The fourth-order valence-corrected chi connectivity index (χ4v) is 8.44. The summed E-state index contributed by atoms with van der Waals surface area (Å²) < 4.78 is 54.7. The highest BCUT2D eigenvalue weighted by Crippen LogP contribution is 2.41. The molecule has 2 aromatic heterocycles. The second kappa shape index (κ2) is 9.94. The average Bonchev–Trinajstić information content (AvgIpc) is 3.71. The van der Waals surface area contributed by atoms with Gasteiger partial charge < -0.3 is 10.3 Å². The minimum atomic E-state index is -4.08. The van der Waals surface area contributed by atoms with Gasteiger partial charge in [-0.2, -0.15) is 0 Å². The first-order chi connectivity index (χ1) is 19.2. The monoisotopic (exact) mass is 587 g/mol. The SMILES string of the molecule is O=C1Nc2cccc(-c3cccc(NS(=O)(=O)c4cc(S(=O)(=O)c5ccccc5)cs4)c3)c2C1=Cc1ccc[nH]1. The predicted molar refractivity (Wildman–Crippen MR) is 156 cm³/mol. The van der Waals surface area contributed by atoms with Crippen LogP contribution in [0.4, 0.5) is 11.4 Å². The van der Waals surface area contributed by atoms with Gasteiger partial charge in [0.25, 0.3) is 15.9 Å². The van der Waals surface area contributed by atoms with Gasteiger partial charge in [0.2, 0.25) is 9.84 Å². The van der Waals surface area contributed by atoms with Crippen molar-refractivity contribution in [2.24, 2.45) is 0 Å². The van der Waals surface area contributed by atoms with E-state index in [1.165, 1.54) is 17.5 Å². The maximum Gasteiger partial charge on any atom is 0.271 e. The molecule has 40 heavy (non-hydrogen) atoms. The number of anilines is 2. The minimum absolute atomic E-state index is 0.0868. The van der Waals surface area contributed by atoms with Gasteiger partial charge in [-0.05, 0) is 65.7 Å². The highest BCUT2D eigenvalue weighted by atomic mass is 32.2. The summed E-state index contributed by atoms with van der Waals surface area (Å²) in [6.45, 7) is 0. The number of aromatic nitrogens is 1. The molecule has 11 heteroatoms. The lowest BCUT2D eigenvalue weighted by atomic mass is 9.94. The maximum absolute atomic E-state index is 13.2. The third-order valence-electron chi connectivity index (χ3n) is 6.35. The molecule has 200 valence electrons. The second-order valence-electron chi connectivity index (χ2n) is 8.97. The summed E-state index contributed by atoms with van der Waals surface area (Å²) in [5.74, 6) is -0.229. The third kappa shape index (κ3) is 4.75. The molecule has 3 N–H and O–H groups in total. The first-order valence-electron chi connectivity index (χ1n) is 12.0. The van der Waals surface area contributed by atoms with Crippen LogP contribution in [0.15, 0.2) is 117 Å². The van der Waals surface area contributed by atoms with Crippen molar-refractivity contribution in [2.75, 3.05) is 10.0 Å². The Hall–Kier alpha value is -4.45. The first-order valence-corrected chi connectivity index (χ1v) is 15.9. The van der Waals surface area contributed by atoms with E-state index in [4.69, 9.17) is 0 Å². The van der Waals surface area contributed by atoms with Gasteiger partial charge in [-0.3, -0.25) is 9.52 Å². The molecule has 0 saturated heterocycles. The van der Waals surface area contributed by atoms with Crippen LogP contribution in [0.1, 0.15) is 11.3 Å². The molecular formula is C29H21N3O5S3. The fourth-order valence-electron chi connectivity index (χ4n) is 4.49. The minimum Gasteiger partial charge on any atom is -0.362 e. The van der Waals surface area contributed by atoms with Crippen LogP contribution >= 0.6 is 11.3 Å². The number of H-pyrrole nitrogens is 1. The summed E-state index contributed by atoms with van der Waals surface area (Å²) in [5.41, 5.74) is 4.39. The van der Waals surface area contributed by atoms with Crippen molar-refractivity contribution < 1.29 is 21.6 Å². The normalized spacial score (nSPS) is 14.2. The first kappa shape index (κ1) is 25.8. The van der Waals surface area contributed by atoms with Gasteiger partial charge in [0.15, 0.2) is 0 Å². The van der Waals surface area contributed by atoms with Crippen LogP contribution in [0.5, 0.6) is 0 Å². The van der Waals surface area contributed by atoms with E-state index < -0.39 is 19.9 Å². The van der Waals surface area contributed by atoms with Crippen LogP contribution in [-0.4, -0.2) is 27.7 Å². The lowest BCUT2D eigenvalue weighted by Crippen LogP contribution is -2.11. The van der Waals surface area contributed by atoms with Crippen molar-refractivity contribution in [3.05, 3.63) is 114 Å². The van der Waals surface area contributed by atoms with Gasteiger partial charge in [-0.15, -0.1) is 11.3 Å². The number of carbonyl (C=O) groups excluding carboxylic acids is 1. The number of sulfone groups is 1. The van der Waals surface area contributed by atoms with E-state index in [2.05, 4.69) is 15.0 Å². The number of nitrogens with one attached hydrogen (secondary N) is 3. The molecule has 0 bridgehead atoms. The van der Waals surface area contributed by atoms with Gasteiger partial charge in [0.1, 0.15) is 4.21 Å². The zero-order valence-corrected chi connectivity index (χ0v) is 23.1. The summed E-state index contributed by atoms with van der Waals surface area (Å²) in [4.78, 5) is 15.9. The molecule has 5 aromatic rings. The van der Waals surface area contributed by atoms with Gasteiger partial charge in [0.05, 0.1) is 15.4 Å². The molecule has 6 rings (SSSR count). The fraction of sp³-hybridized carbons (Fsp3) is 0. The molecule has 1 amide bonds. The Kier molecular flexibility index (Phi) is 6.41. The van der Waals surface area contributed by atoms with Crippen LogP contribution in [0.2, 0.25) is 0 Å². The average molecular weight is 588 g/mol. The van der Waals surface area contributed by atoms with Gasteiger partial charge in [-0.1, -0.05) is 42.5 Å². The van der Waals surface area contributed by atoms with E-state index in [1.54, 1.807) is 48.7 Å². The van der Waals surface area contributed by atoms with Gasteiger partial charge >= 0.3 is 0 Å². The molecule has 0 spiro atoms. The largest absolute Gasteiger partial charge is 0.362 e. The predicted octanol–water partition coefficient (Wildman–Crippen LogP) is 5.87. The number of thiophene rings is 1. The Morgan fingerprint density at radius 3 is 2.38 bits per heavy atom.